The first-order valence-corrected chi connectivity index (χ1v) is 16.6. The van der Waals surface area contributed by atoms with E-state index < -0.39 is 10.0 Å². The van der Waals surface area contributed by atoms with Crippen LogP contribution < -0.4 is 10.5 Å². The van der Waals surface area contributed by atoms with Crippen molar-refractivity contribution in [3.8, 4) is 0 Å². The zero-order valence-corrected chi connectivity index (χ0v) is 25.2. The van der Waals surface area contributed by atoms with E-state index in [9.17, 15) is 8.42 Å². The monoisotopic (exact) mass is 562 g/mol. The molecule has 4 fully saturated rings. The summed E-state index contributed by atoms with van der Waals surface area (Å²) < 4.78 is 25.4. The molecule has 3 N–H and O–H groups in total. The number of nitrogen functional groups attached to an aromatic ring is 1. The lowest BCUT2D eigenvalue weighted by molar-refractivity contribution is 0.294. The van der Waals surface area contributed by atoms with Gasteiger partial charge in [0.25, 0.3) is 0 Å². The summed E-state index contributed by atoms with van der Waals surface area (Å²) in [7, 11) is -3.23. The highest BCUT2D eigenvalue weighted by atomic mass is 32.2. The molecule has 2 saturated heterocycles. The Hall–Kier alpha value is -2.61. The first-order chi connectivity index (χ1) is 19.1. The third-order valence-electron chi connectivity index (χ3n) is 10.3. The molecule has 2 aliphatic carbocycles. The average molecular weight is 563 g/mol. The Kier molecular flexibility index (Phi) is 7.94. The Bertz CT molecular complexity index is 1330. The average Bonchev–Trinajstić information content (AvgIpc) is 3.49. The van der Waals surface area contributed by atoms with Gasteiger partial charge >= 0.3 is 0 Å². The molecule has 2 saturated carbocycles. The fourth-order valence-corrected chi connectivity index (χ4v) is 9.08. The lowest BCUT2D eigenvalue weighted by Crippen LogP contribution is -2.30. The van der Waals surface area contributed by atoms with Gasteiger partial charge in [-0.3, -0.25) is 14.5 Å². The van der Waals surface area contributed by atoms with Crippen LogP contribution in [0.3, 0.4) is 0 Å². The van der Waals surface area contributed by atoms with Gasteiger partial charge < -0.3 is 5.73 Å². The van der Waals surface area contributed by atoms with Gasteiger partial charge in [-0.2, -0.15) is 0 Å². The molecule has 0 aromatic heterocycles. The van der Waals surface area contributed by atoms with E-state index in [2.05, 4.69) is 65.8 Å². The fraction of sp³-hybridized carbons (Fsp3) is 0.515. The number of benzene rings is 2. The zero-order chi connectivity index (χ0) is 28.7. The largest absolute Gasteiger partial charge is 0.399 e. The minimum Gasteiger partial charge on any atom is -0.399 e. The normalized spacial score (nSPS) is 32.4. The Morgan fingerprint density at radius 3 is 1.70 bits per heavy atom. The molecule has 6 nitrogen and oxygen atoms in total. The van der Waals surface area contributed by atoms with E-state index in [1.54, 1.807) is 0 Å². The Morgan fingerprint density at radius 1 is 0.850 bits per heavy atom. The number of piperidine rings is 2. The SMILES string of the molecule is C=CCN1CC2C(C1)C2(CC)c1cccc(N)c1.C=CCN1CC2C(C1)C2(CC)c1cccc(NS(C)(=O)=O)c1. The molecule has 6 rings (SSSR count). The molecule has 0 amide bonds. The highest BCUT2D eigenvalue weighted by molar-refractivity contribution is 7.92. The van der Waals surface area contributed by atoms with Crippen molar-refractivity contribution in [2.24, 2.45) is 23.7 Å². The van der Waals surface area contributed by atoms with Crippen LogP contribution in [0.15, 0.2) is 73.8 Å². The van der Waals surface area contributed by atoms with Crippen molar-refractivity contribution in [1.82, 2.24) is 9.80 Å². The van der Waals surface area contributed by atoms with Gasteiger partial charge in [-0.15, -0.1) is 13.2 Å². The van der Waals surface area contributed by atoms with Crippen LogP contribution in [0.4, 0.5) is 11.4 Å². The van der Waals surface area contributed by atoms with Gasteiger partial charge in [0.05, 0.1) is 6.26 Å². The summed E-state index contributed by atoms with van der Waals surface area (Å²) in [5, 5.41) is 0. The molecule has 2 heterocycles. The molecule has 216 valence electrons. The first kappa shape index (κ1) is 28.9. The molecule has 40 heavy (non-hydrogen) atoms. The number of hydrogen-bond donors (Lipinski definition) is 2. The Balaban J connectivity index is 0.000000164. The maximum Gasteiger partial charge on any atom is 0.229 e. The second-order valence-corrected chi connectivity index (χ2v) is 14.1. The molecule has 0 bridgehead atoms. The molecule has 2 aromatic carbocycles. The lowest BCUT2D eigenvalue weighted by atomic mass is 9.87. The molecular weight excluding hydrogens is 516 g/mol. The second kappa shape index (κ2) is 11.0. The van der Waals surface area contributed by atoms with Crippen LogP contribution in [-0.4, -0.2) is 63.7 Å². The number of likely N-dealkylation sites (tertiary alicyclic amines) is 2. The van der Waals surface area contributed by atoms with Crippen LogP contribution in [0.1, 0.15) is 37.8 Å². The first-order valence-electron chi connectivity index (χ1n) is 14.7. The van der Waals surface area contributed by atoms with Crippen molar-refractivity contribution in [2.75, 3.05) is 56.0 Å². The summed E-state index contributed by atoms with van der Waals surface area (Å²) in [5.41, 5.74) is 10.9. The van der Waals surface area contributed by atoms with E-state index >= 15 is 0 Å². The van der Waals surface area contributed by atoms with Crippen molar-refractivity contribution in [3.63, 3.8) is 0 Å². The lowest BCUT2D eigenvalue weighted by Gasteiger charge is -2.26. The minimum atomic E-state index is -3.23. The number of rotatable bonds is 10. The van der Waals surface area contributed by atoms with E-state index in [4.69, 9.17) is 5.73 Å². The predicted octanol–water partition coefficient (Wildman–Crippen LogP) is 5.12. The van der Waals surface area contributed by atoms with E-state index in [-0.39, 0.29) is 5.41 Å². The van der Waals surface area contributed by atoms with Gasteiger partial charge in [0, 0.05) is 61.5 Å². The number of fused-ring (bicyclic) bond motifs is 2. The summed E-state index contributed by atoms with van der Waals surface area (Å²) in [6.45, 7) is 18.9. The standard InChI is InChI=1S/C17H24N2O2S.C16H22N2/c1-4-9-19-11-15-16(12-19)17(15,5-2)13-7-6-8-14(10-13)18-22(3,20)21;1-3-8-18-10-14-15(11-18)16(14,4-2)12-6-5-7-13(17)9-12/h4,6-8,10,15-16,18H,1,5,9,11-12H2,2-3H3;3,5-7,9,14-15H,1,4,8,10-11,17H2,2H3. The molecule has 2 aromatic rings. The highest BCUT2D eigenvalue weighted by Gasteiger charge is 2.68. The smallest absolute Gasteiger partial charge is 0.229 e. The predicted molar refractivity (Wildman–Crippen MR) is 167 cm³/mol. The van der Waals surface area contributed by atoms with Crippen LogP contribution >= 0.6 is 0 Å². The van der Waals surface area contributed by atoms with Crippen LogP contribution in [0.25, 0.3) is 0 Å². The van der Waals surface area contributed by atoms with Crippen LogP contribution in [0.5, 0.6) is 0 Å². The van der Waals surface area contributed by atoms with Crippen molar-refractivity contribution in [2.45, 2.75) is 37.5 Å². The van der Waals surface area contributed by atoms with Gasteiger partial charge in [0.2, 0.25) is 10.0 Å². The summed E-state index contributed by atoms with van der Waals surface area (Å²) in [5.74, 6) is 3.02. The molecule has 2 aliphatic heterocycles. The van der Waals surface area contributed by atoms with E-state index in [0.717, 1.165) is 50.1 Å². The molecular formula is C33H46N4O2S. The van der Waals surface area contributed by atoms with Gasteiger partial charge in [-0.25, -0.2) is 8.42 Å². The quantitative estimate of drug-likeness (QED) is 0.311. The van der Waals surface area contributed by atoms with Gasteiger partial charge in [-0.05, 0) is 71.9 Å². The number of nitrogens with zero attached hydrogens (tertiary/aromatic N) is 2. The van der Waals surface area contributed by atoms with Crippen molar-refractivity contribution >= 4 is 21.4 Å². The number of nitrogens with two attached hydrogens (primary N) is 1. The molecule has 0 spiro atoms. The molecule has 4 aliphatic rings. The topological polar surface area (TPSA) is 78.7 Å². The maximum atomic E-state index is 11.4. The van der Waals surface area contributed by atoms with Crippen molar-refractivity contribution in [3.05, 3.63) is 85.0 Å². The summed E-state index contributed by atoms with van der Waals surface area (Å²) in [6, 6.07) is 16.4. The Labute approximate surface area is 241 Å². The number of nitrogens with one attached hydrogen (secondary N) is 1. The summed E-state index contributed by atoms with van der Waals surface area (Å²) in [6.07, 6.45) is 7.50. The van der Waals surface area contributed by atoms with E-state index in [1.165, 1.54) is 36.9 Å². The van der Waals surface area contributed by atoms with Crippen LogP contribution in [0.2, 0.25) is 0 Å². The maximum absolute atomic E-state index is 11.4. The van der Waals surface area contributed by atoms with Gasteiger partial charge in [-0.1, -0.05) is 50.3 Å². The third kappa shape index (κ3) is 5.12. The number of sulfonamides is 1. The Morgan fingerprint density at radius 2 is 1.30 bits per heavy atom. The zero-order valence-electron chi connectivity index (χ0n) is 24.4. The number of hydrogen-bond acceptors (Lipinski definition) is 5. The van der Waals surface area contributed by atoms with Gasteiger partial charge in [0.15, 0.2) is 0 Å². The van der Waals surface area contributed by atoms with Crippen LogP contribution in [0, 0.1) is 23.7 Å². The number of anilines is 2. The highest BCUT2D eigenvalue weighted by Crippen LogP contribution is 2.66. The molecule has 7 heteroatoms. The van der Waals surface area contributed by atoms with Crippen molar-refractivity contribution < 1.29 is 8.42 Å². The van der Waals surface area contributed by atoms with Crippen LogP contribution in [-0.2, 0) is 20.9 Å². The van der Waals surface area contributed by atoms with E-state index in [1.807, 2.05) is 36.4 Å². The van der Waals surface area contributed by atoms with Gasteiger partial charge in [0.1, 0.15) is 0 Å². The summed E-state index contributed by atoms with van der Waals surface area (Å²) >= 11 is 0. The molecule has 4 atom stereocenters. The summed E-state index contributed by atoms with van der Waals surface area (Å²) in [4.78, 5) is 4.97. The second-order valence-electron chi connectivity index (χ2n) is 12.3. The third-order valence-corrected chi connectivity index (χ3v) is 10.9. The minimum absolute atomic E-state index is 0.229. The van der Waals surface area contributed by atoms with Crippen molar-refractivity contribution in [1.29, 1.82) is 0 Å². The van der Waals surface area contributed by atoms with E-state index in [0.29, 0.717) is 22.9 Å². The molecule has 4 unspecified atom stereocenters. The molecule has 0 radical (unpaired) electrons. The fourth-order valence-electron chi connectivity index (χ4n) is 8.52.